The molecule has 1 unspecified atom stereocenters. The van der Waals surface area contributed by atoms with Crippen LogP contribution in [-0.4, -0.2) is 40.1 Å². The van der Waals surface area contributed by atoms with Crippen LogP contribution in [0.3, 0.4) is 0 Å². The van der Waals surface area contributed by atoms with Crippen molar-refractivity contribution in [2.24, 2.45) is 11.8 Å². The number of ether oxygens (including phenoxy) is 1. The van der Waals surface area contributed by atoms with Crippen molar-refractivity contribution in [2.45, 2.75) is 55.7 Å². The number of pyridine rings is 1. The molecular weight excluding hydrogens is 484 g/mol. The molecule has 1 saturated heterocycles. The fourth-order valence-corrected chi connectivity index (χ4v) is 5.04. The number of carbonyl (C=O) groups is 1. The van der Waals surface area contributed by atoms with Gasteiger partial charge in [-0.2, -0.15) is 5.26 Å². The Morgan fingerprint density at radius 3 is 2.81 bits per heavy atom. The van der Waals surface area contributed by atoms with Crippen LogP contribution in [0.15, 0.2) is 64.8 Å². The lowest BCUT2D eigenvalue weighted by Gasteiger charge is -2.20. The molecule has 37 heavy (non-hydrogen) atoms. The maximum absolute atomic E-state index is 13.2. The van der Waals surface area contributed by atoms with Gasteiger partial charge in [-0.05, 0) is 67.3 Å². The number of carbonyl (C=O) groups excluding carboxylic acids is 1. The summed E-state index contributed by atoms with van der Waals surface area (Å²) in [5, 5.41) is 17.2. The first-order valence-electron chi connectivity index (χ1n) is 12.6. The lowest BCUT2D eigenvalue weighted by Crippen LogP contribution is -2.37. The number of nitrogens with zero attached hydrogens (tertiary/aromatic N) is 4. The lowest BCUT2D eigenvalue weighted by molar-refractivity contribution is -0.126. The van der Waals surface area contributed by atoms with E-state index in [4.69, 9.17) is 14.7 Å². The van der Waals surface area contributed by atoms with Gasteiger partial charge in [0.1, 0.15) is 21.7 Å². The van der Waals surface area contributed by atoms with E-state index in [1.54, 1.807) is 18.3 Å². The summed E-state index contributed by atoms with van der Waals surface area (Å²) in [7, 11) is 0. The number of hydrogen-bond acceptors (Lipinski definition) is 8. The van der Waals surface area contributed by atoms with Crippen LogP contribution in [0.5, 0.6) is 0 Å². The zero-order chi connectivity index (χ0) is 26.0. The van der Waals surface area contributed by atoms with Crippen LogP contribution in [0.2, 0.25) is 0 Å². The van der Waals surface area contributed by atoms with Gasteiger partial charge in [-0.1, -0.05) is 26.0 Å². The van der Waals surface area contributed by atoms with Crippen molar-refractivity contribution < 1.29 is 9.53 Å². The Morgan fingerprint density at radius 2 is 2.08 bits per heavy atom. The molecule has 1 aliphatic rings. The second-order valence-electron chi connectivity index (χ2n) is 9.51. The normalized spacial score (nSPS) is 15.8. The van der Waals surface area contributed by atoms with Crippen LogP contribution < -0.4 is 10.6 Å². The van der Waals surface area contributed by atoms with Crippen molar-refractivity contribution in [1.82, 2.24) is 20.3 Å². The van der Waals surface area contributed by atoms with Gasteiger partial charge in [-0.15, -0.1) is 0 Å². The minimum absolute atomic E-state index is 0.00631. The number of aromatic nitrogens is 3. The molecule has 9 heteroatoms. The predicted molar refractivity (Wildman–Crippen MR) is 143 cm³/mol. The molecule has 0 saturated carbocycles. The van der Waals surface area contributed by atoms with E-state index in [1.165, 1.54) is 11.8 Å². The molecular formula is C28H32N6O2S. The Bertz CT molecular complexity index is 1220. The minimum atomic E-state index is -0.258. The number of benzene rings is 1. The summed E-state index contributed by atoms with van der Waals surface area (Å²) in [6.07, 6.45) is 5.00. The third kappa shape index (κ3) is 8.27. The first-order chi connectivity index (χ1) is 18.0. The molecule has 3 heterocycles. The van der Waals surface area contributed by atoms with Crippen LogP contribution in [0, 0.1) is 23.2 Å². The van der Waals surface area contributed by atoms with E-state index >= 15 is 0 Å². The molecule has 1 aliphatic heterocycles. The number of nitriles is 1. The van der Waals surface area contributed by atoms with E-state index in [0.29, 0.717) is 36.1 Å². The topological polar surface area (TPSA) is 113 Å². The largest absolute Gasteiger partial charge is 0.376 e. The molecule has 1 amide bonds. The standard InChI is InChI=1S/C28H32N6O2S/c1-19(2)13-21(28(35)31-18-23-9-6-12-36-23)15-24-33-25(32-22-8-5-7-20(14-22)17-29)16-27(34-24)37-26-10-3-4-11-30-26/h3-5,7-8,10-11,14,16,19,21,23H,6,9,12-13,15,18H2,1-2H3,(H,31,35)(H,32,33,34)/t21?,23-/m0/s1. The van der Waals surface area contributed by atoms with Crippen LogP contribution in [-0.2, 0) is 16.0 Å². The Morgan fingerprint density at radius 1 is 1.19 bits per heavy atom. The summed E-state index contributed by atoms with van der Waals surface area (Å²) < 4.78 is 5.67. The Hall–Kier alpha value is -3.48. The number of nitrogens with one attached hydrogen (secondary N) is 2. The molecule has 1 aromatic carbocycles. The van der Waals surface area contributed by atoms with Gasteiger partial charge in [0.15, 0.2) is 0 Å². The average Bonchev–Trinajstić information content (AvgIpc) is 3.41. The molecule has 0 bridgehead atoms. The van der Waals surface area contributed by atoms with Crippen molar-refractivity contribution >= 4 is 29.2 Å². The summed E-state index contributed by atoms with van der Waals surface area (Å²) in [5.41, 5.74) is 1.31. The maximum Gasteiger partial charge on any atom is 0.223 e. The Kier molecular flexibility index (Phi) is 9.46. The van der Waals surface area contributed by atoms with Crippen molar-refractivity contribution in [3.63, 3.8) is 0 Å². The van der Waals surface area contributed by atoms with E-state index in [1.807, 2.05) is 36.4 Å². The highest BCUT2D eigenvalue weighted by Crippen LogP contribution is 2.28. The van der Waals surface area contributed by atoms with Gasteiger partial charge in [0.05, 0.1) is 17.7 Å². The molecule has 2 N–H and O–H groups in total. The third-order valence-corrected chi connectivity index (χ3v) is 6.81. The van der Waals surface area contributed by atoms with Crippen molar-refractivity contribution in [1.29, 1.82) is 5.26 Å². The Labute approximate surface area is 222 Å². The molecule has 3 aromatic rings. The number of rotatable bonds is 11. The SMILES string of the molecule is CC(C)CC(Cc1nc(Nc2cccc(C#N)c2)cc(Sc2ccccn2)n1)C(=O)NC[C@@H]1CCCO1. The van der Waals surface area contributed by atoms with Gasteiger partial charge in [0.25, 0.3) is 0 Å². The molecule has 4 rings (SSSR count). The van der Waals surface area contributed by atoms with Gasteiger partial charge in [-0.3, -0.25) is 4.79 Å². The zero-order valence-corrected chi connectivity index (χ0v) is 22.0. The first kappa shape index (κ1) is 26.6. The molecule has 0 spiro atoms. The second kappa shape index (κ2) is 13.2. The van der Waals surface area contributed by atoms with Gasteiger partial charge in [-0.25, -0.2) is 15.0 Å². The highest BCUT2D eigenvalue weighted by molar-refractivity contribution is 7.99. The summed E-state index contributed by atoms with van der Waals surface area (Å²) in [5.74, 6) is 1.27. The summed E-state index contributed by atoms with van der Waals surface area (Å²) in [6.45, 7) is 5.52. The number of hydrogen-bond donors (Lipinski definition) is 2. The molecule has 2 atom stereocenters. The van der Waals surface area contributed by atoms with Gasteiger partial charge < -0.3 is 15.4 Å². The summed E-state index contributed by atoms with van der Waals surface area (Å²) in [4.78, 5) is 27.1. The second-order valence-corrected chi connectivity index (χ2v) is 10.5. The fourth-order valence-electron chi connectivity index (χ4n) is 4.25. The molecule has 192 valence electrons. The molecule has 2 aromatic heterocycles. The highest BCUT2D eigenvalue weighted by Gasteiger charge is 2.24. The third-order valence-electron chi connectivity index (χ3n) is 5.94. The van der Waals surface area contributed by atoms with Crippen molar-refractivity contribution in [3.8, 4) is 6.07 Å². The highest BCUT2D eigenvalue weighted by atomic mass is 32.2. The van der Waals surface area contributed by atoms with Crippen molar-refractivity contribution in [2.75, 3.05) is 18.5 Å². The van der Waals surface area contributed by atoms with Gasteiger partial charge in [0, 0.05) is 43.4 Å². The predicted octanol–water partition coefficient (Wildman–Crippen LogP) is 5.14. The van der Waals surface area contributed by atoms with Crippen LogP contribution in [0.1, 0.15) is 44.5 Å². The maximum atomic E-state index is 13.2. The quantitative estimate of drug-likeness (QED) is 0.337. The molecule has 0 radical (unpaired) electrons. The Balaban J connectivity index is 1.57. The van der Waals surface area contributed by atoms with E-state index in [0.717, 1.165) is 41.6 Å². The van der Waals surface area contributed by atoms with E-state index in [9.17, 15) is 10.1 Å². The average molecular weight is 517 g/mol. The molecule has 8 nitrogen and oxygen atoms in total. The lowest BCUT2D eigenvalue weighted by atomic mass is 9.93. The van der Waals surface area contributed by atoms with Crippen LogP contribution in [0.25, 0.3) is 0 Å². The van der Waals surface area contributed by atoms with E-state index < -0.39 is 0 Å². The summed E-state index contributed by atoms with van der Waals surface area (Å²) in [6, 6.07) is 17.0. The molecule has 0 aliphatic carbocycles. The van der Waals surface area contributed by atoms with Crippen LogP contribution in [0.4, 0.5) is 11.5 Å². The van der Waals surface area contributed by atoms with E-state index in [2.05, 4.69) is 35.5 Å². The summed E-state index contributed by atoms with van der Waals surface area (Å²) >= 11 is 1.44. The minimum Gasteiger partial charge on any atom is -0.376 e. The van der Waals surface area contributed by atoms with Crippen LogP contribution >= 0.6 is 11.8 Å². The monoisotopic (exact) mass is 516 g/mol. The zero-order valence-electron chi connectivity index (χ0n) is 21.2. The van der Waals surface area contributed by atoms with Gasteiger partial charge >= 0.3 is 0 Å². The number of anilines is 2. The smallest absolute Gasteiger partial charge is 0.223 e. The number of amides is 1. The van der Waals surface area contributed by atoms with Crippen molar-refractivity contribution in [3.05, 3.63) is 66.1 Å². The molecule has 1 fully saturated rings. The van der Waals surface area contributed by atoms with E-state index in [-0.39, 0.29) is 17.9 Å². The first-order valence-corrected chi connectivity index (χ1v) is 13.4. The van der Waals surface area contributed by atoms with Gasteiger partial charge in [0.2, 0.25) is 5.91 Å². The fraction of sp³-hybridized carbons (Fsp3) is 0.393.